The second-order valence-electron chi connectivity index (χ2n) is 5.18. The highest BCUT2D eigenvalue weighted by molar-refractivity contribution is 5.92. The first-order valence-corrected chi connectivity index (χ1v) is 7.19. The minimum absolute atomic E-state index is 0.366. The molecule has 0 aliphatic carbocycles. The van der Waals surface area contributed by atoms with Crippen LogP contribution in [-0.2, 0) is 13.0 Å². The predicted molar refractivity (Wildman–Crippen MR) is 85.4 cm³/mol. The summed E-state index contributed by atoms with van der Waals surface area (Å²) in [5, 5.41) is 3.09. The predicted octanol–water partition coefficient (Wildman–Crippen LogP) is 3.29. The van der Waals surface area contributed by atoms with E-state index in [4.69, 9.17) is 10.2 Å². The zero-order valence-electron chi connectivity index (χ0n) is 12.8. The molecule has 0 saturated heterocycles. The number of aryl methyl sites for hydroxylation is 1. The molecule has 0 fully saturated rings. The lowest BCUT2D eigenvalue weighted by molar-refractivity contribution is 0.462. The van der Waals surface area contributed by atoms with E-state index in [-0.39, 0.29) is 0 Å². The third kappa shape index (κ3) is 4.34. The van der Waals surface area contributed by atoms with Crippen molar-refractivity contribution in [3.05, 3.63) is 47.7 Å². The zero-order chi connectivity index (χ0) is 15.2. The van der Waals surface area contributed by atoms with Crippen LogP contribution in [0.4, 0.5) is 5.69 Å². The molecule has 2 rings (SSSR count). The second-order valence-corrected chi connectivity index (χ2v) is 5.18. The number of guanidine groups is 1. The van der Waals surface area contributed by atoms with Gasteiger partial charge in [-0.2, -0.15) is 0 Å². The van der Waals surface area contributed by atoms with Crippen LogP contribution in [0.15, 0.2) is 39.9 Å². The summed E-state index contributed by atoms with van der Waals surface area (Å²) >= 11 is 0. The first-order valence-electron chi connectivity index (χ1n) is 7.19. The number of benzene rings is 1. The van der Waals surface area contributed by atoms with Gasteiger partial charge in [0.15, 0.2) is 11.9 Å². The first-order chi connectivity index (χ1) is 10.1. The van der Waals surface area contributed by atoms with Crippen molar-refractivity contribution in [2.45, 2.75) is 39.7 Å². The van der Waals surface area contributed by atoms with Gasteiger partial charge in [0, 0.05) is 12.1 Å². The molecule has 0 amide bonds. The minimum atomic E-state index is 0.366. The quantitative estimate of drug-likeness (QED) is 0.653. The molecule has 0 unspecified atom stereocenters. The summed E-state index contributed by atoms with van der Waals surface area (Å²) in [7, 11) is 0. The Morgan fingerprint density at radius 1 is 1.43 bits per heavy atom. The number of hydrogen-bond donors (Lipinski definition) is 2. The summed E-state index contributed by atoms with van der Waals surface area (Å²) in [6, 6.07) is 8.16. The number of hydrogen-bond acceptors (Lipinski definition) is 3. The van der Waals surface area contributed by atoms with Crippen molar-refractivity contribution >= 4 is 11.6 Å². The standard InChI is InChI=1S/C16H22N4O/c1-4-15-18-9-14(21-15)10-19-16(17)20-13-7-5-6-12(8-13)11(2)3/h5-9,11H,4,10H2,1-3H3,(H3,17,19,20). The molecule has 0 spiro atoms. The molecule has 5 heteroatoms. The van der Waals surface area contributed by atoms with Crippen molar-refractivity contribution in [3.63, 3.8) is 0 Å². The molecule has 1 heterocycles. The first kappa shape index (κ1) is 15.1. The van der Waals surface area contributed by atoms with Crippen LogP contribution in [0.3, 0.4) is 0 Å². The van der Waals surface area contributed by atoms with Crippen LogP contribution in [0.5, 0.6) is 0 Å². The molecule has 0 aliphatic heterocycles. The van der Waals surface area contributed by atoms with E-state index in [0.29, 0.717) is 24.2 Å². The summed E-state index contributed by atoms with van der Waals surface area (Å²) in [5.74, 6) is 2.28. The monoisotopic (exact) mass is 286 g/mol. The molecule has 2 aromatic rings. The maximum Gasteiger partial charge on any atom is 0.194 e. The lowest BCUT2D eigenvalue weighted by Gasteiger charge is -2.09. The Balaban J connectivity index is 1.98. The fourth-order valence-electron chi connectivity index (χ4n) is 1.91. The number of nitrogens with zero attached hydrogens (tertiary/aromatic N) is 2. The van der Waals surface area contributed by atoms with E-state index in [9.17, 15) is 0 Å². The number of nitrogens with two attached hydrogens (primary N) is 1. The topological polar surface area (TPSA) is 76.4 Å². The molecular formula is C16H22N4O. The van der Waals surface area contributed by atoms with Gasteiger partial charge in [0.2, 0.25) is 0 Å². The highest BCUT2D eigenvalue weighted by atomic mass is 16.4. The number of rotatable bonds is 5. The van der Waals surface area contributed by atoms with Crippen molar-refractivity contribution in [1.29, 1.82) is 0 Å². The van der Waals surface area contributed by atoms with E-state index >= 15 is 0 Å². The third-order valence-corrected chi connectivity index (χ3v) is 3.13. The number of anilines is 1. The molecule has 3 N–H and O–H groups in total. The van der Waals surface area contributed by atoms with E-state index in [1.165, 1.54) is 5.56 Å². The van der Waals surface area contributed by atoms with Crippen LogP contribution < -0.4 is 11.1 Å². The fourth-order valence-corrected chi connectivity index (χ4v) is 1.91. The second kappa shape index (κ2) is 6.92. The summed E-state index contributed by atoms with van der Waals surface area (Å²) in [6.45, 7) is 6.70. The summed E-state index contributed by atoms with van der Waals surface area (Å²) < 4.78 is 5.48. The molecule has 0 aliphatic rings. The highest BCUT2D eigenvalue weighted by Gasteiger charge is 2.03. The van der Waals surface area contributed by atoms with Gasteiger partial charge in [-0.15, -0.1) is 0 Å². The van der Waals surface area contributed by atoms with Crippen LogP contribution in [0.2, 0.25) is 0 Å². The van der Waals surface area contributed by atoms with E-state index in [2.05, 4.69) is 41.3 Å². The van der Waals surface area contributed by atoms with Crippen LogP contribution in [0.25, 0.3) is 0 Å². The number of oxazole rings is 1. The van der Waals surface area contributed by atoms with E-state index in [1.807, 2.05) is 19.1 Å². The number of aromatic nitrogens is 1. The van der Waals surface area contributed by atoms with Crippen molar-refractivity contribution in [1.82, 2.24) is 4.98 Å². The Morgan fingerprint density at radius 2 is 2.24 bits per heavy atom. The van der Waals surface area contributed by atoms with Gasteiger partial charge in [-0.1, -0.05) is 32.9 Å². The average Bonchev–Trinajstić information content (AvgIpc) is 2.93. The number of nitrogens with one attached hydrogen (secondary N) is 1. The molecule has 1 aromatic heterocycles. The van der Waals surface area contributed by atoms with Gasteiger partial charge < -0.3 is 15.5 Å². The molecule has 5 nitrogen and oxygen atoms in total. The molecular weight excluding hydrogens is 264 g/mol. The van der Waals surface area contributed by atoms with E-state index < -0.39 is 0 Å². The van der Waals surface area contributed by atoms with Crippen LogP contribution >= 0.6 is 0 Å². The molecule has 21 heavy (non-hydrogen) atoms. The molecule has 112 valence electrons. The smallest absolute Gasteiger partial charge is 0.194 e. The normalized spacial score (nSPS) is 11.9. The van der Waals surface area contributed by atoms with Gasteiger partial charge in [0.25, 0.3) is 0 Å². The lowest BCUT2D eigenvalue weighted by Crippen LogP contribution is -2.22. The Morgan fingerprint density at radius 3 is 2.90 bits per heavy atom. The SMILES string of the molecule is CCc1ncc(CN=C(N)Nc2cccc(C(C)C)c2)o1. The van der Waals surface area contributed by atoms with Crippen molar-refractivity contribution < 1.29 is 4.42 Å². The Kier molecular flexibility index (Phi) is 4.98. The minimum Gasteiger partial charge on any atom is -0.444 e. The van der Waals surface area contributed by atoms with Crippen LogP contribution in [0, 0.1) is 0 Å². The van der Waals surface area contributed by atoms with E-state index in [1.54, 1.807) is 6.20 Å². The summed E-state index contributed by atoms with van der Waals surface area (Å²) in [4.78, 5) is 8.39. The molecule has 0 saturated carbocycles. The third-order valence-electron chi connectivity index (χ3n) is 3.13. The van der Waals surface area contributed by atoms with Gasteiger partial charge in [-0.3, -0.25) is 0 Å². The average molecular weight is 286 g/mol. The molecule has 1 aromatic carbocycles. The van der Waals surface area contributed by atoms with E-state index in [0.717, 1.165) is 18.0 Å². The summed E-state index contributed by atoms with van der Waals surface area (Å²) in [6.07, 6.45) is 2.47. The van der Waals surface area contributed by atoms with Gasteiger partial charge in [-0.05, 0) is 23.6 Å². The van der Waals surface area contributed by atoms with Gasteiger partial charge >= 0.3 is 0 Å². The van der Waals surface area contributed by atoms with Crippen molar-refractivity contribution in [2.24, 2.45) is 10.7 Å². The molecule has 0 radical (unpaired) electrons. The molecule has 0 atom stereocenters. The summed E-state index contributed by atoms with van der Waals surface area (Å²) in [5.41, 5.74) is 8.09. The van der Waals surface area contributed by atoms with Gasteiger partial charge in [0.05, 0.1) is 6.20 Å². The maximum absolute atomic E-state index is 5.90. The van der Waals surface area contributed by atoms with Crippen molar-refractivity contribution in [3.8, 4) is 0 Å². The fraction of sp³-hybridized carbons (Fsp3) is 0.375. The molecule has 0 bridgehead atoms. The van der Waals surface area contributed by atoms with Gasteiger partial charge in [-0.25, -0.2) is 9.98 Å². The Bertz CT molecular complexity index is 616. The highest BCUT2D eigenvalue weighted by Crippen LogP contribution is 2.18. The van der Waals surface area contributed by atoms with Crippen LogP contribution in [0.1, 0.15) is 43.9 Å². The zero-order valence-corrected chi connectivity index (χ0v) is 12.8. The van der Waals surface area contributed by atoms with Gasteiger partial charge in [0.1, 0.15) is 12.3 Å². The van der Waals surface area contributed by atoms with Crippen LogP contribution in [-0.4, -0.2) is 10.9 Å². The largest absolute Gasteiger partial charge is 0.444 e. The Labute approximate surface area is 125 Å². The Hall–Kier alpha value is -2.30. The number of aliphatic imine (C=N–C) groups is 1. The maximum atomic E-state index is 5.90. The van der Waals surface area contributed by atoms with Crippen molar-refractivity contribution in [2.75, 3.05) is 5.32 Å². The lowest BCUT2D eigenvalue weighted by atomic mass is 10.0.